The van der Waals surface area contributed by atoms with E-state index < -0.39 is 36.4 Å². The Balaban J connectivity index is 0.00000400. The molecular formula is C12H13NaO8. The van der Waals surface area contributed by atoms with E-state index >= 15 is 0 Å². The maximum atomic E-state index is 11.5. The monoisotopic (exact) mass is 308 g/mol. The summed E-state index contributed by atoms with van der Waals surface area (Å²) in [5.74, 6) is -4.54. The van der Waals surface area contributed by atoms with Crippen LogP contribution in [0.15, 0.2) is 24.3 Å². The van der Waals surface area contributed by atoms with Gasteiger partial charge in [0.25, 0.3) is 0 Å². The van der Waals surface area contributed by atoms with Gasteiger partial charge in [-0.1, -0.05) is 0 Å². The maximum absolute atomic E-state index is 11.5. The van der Waals surface area contributed by atoms with Crippen LogP contribution in [0.1, 0.15) is 12.8 Å². The predicted molar refractivity (Wildman–Crippen MR) is 70.3 cm³/mol. The number of phenols is 1. The van der Waals surface area contributed by atoms with Crippen LogP contribution >= 0.6 is 0 Å². The molecule has 1 aromatic rings. The van der Waals surface area contributed by atoms with Gasteiger partial charge in [0.2, 0.25) is 0 Å². The summed E-state index contributed by atoms with van der Waals surface area (Å²) in [6.45, 7) is 0. The Morgan fingerprint density at radius 1 is 1.05 bits per heavy atom. The van der Waals surface area contributed by atoms with Crippen molar-refractivity contribution in [3.8, 4) is 11.5 Å². The van der Waals surface area contributed by atoms with Crippen LogP contribution in [0.4, 0.5) is 0 Å². The molecular weight excluding hydrogens is 295 g/mol. The van der Waals surface area contributed by atoms with E-state index in [-0.39, 0.29) is 41.1 Å². The second-order valence-corrected chi connectivity index (χ2v) is 4.05. The van der Waals surface area contributed by atoms with Crippen LogP contribution in [0.3, 0.4) is 0 Å². The summed E-state index contributed by atoms with van der Waals surface area (Å²) in [5, 5.41) is 36.0. The van der Waals surface area contributed by atoms with Gasteiger partial charge in [-0.3, -0.25) is 9.59 Å². The van der Waals surface area contributed by atoms with Crippen molar-refractivity contribution in [1.29, 1.82) is 0 Å². The Morgan fingerprint density at radius 3 is 2.00 bits per heavy atom. The third kappa shape index (κ3) is 6.13. The average Bonchev–Trinajstić information content (AvgIpc) is 2.30. The number of hydrogen-bond acceptors (Lipinski definition) is 6. The minimum atomic E-state index is -2.74. The van der Waals surface area contributed by atoms with Crippen LogP contribution in [0.2, 0.25) is 0 Å². The summed E-state index contributed by atoms with van der Waals surface area (Å²) in [7, 11) is 0. The van der Waals surface area contributed by atoms with Crippen LogP contribution in [0, 0.1) is 0 Å². The number of carbonyl (C=O) groups excluding carboxylic acids is 1. The summed E-state index contributed by atoms with van der Waals surface area (Å²) in [6.07, 6.45) is -2.15. The standard InChI is InChI=1S/C12H12O8.Na.H/c13-7-1-3-8(4-2-7)20-10(16)6-12(19,11(17)18)5-9(14)15;;/h1-4,13,19H,5-6H2,(H,14,15)(H,17,18);;. The van der Waals surface area contributed by atoms with Gasteiger partial charge < -0.3 is 25.2 Å². The van der Waals surface area contributed by atoms with E-state index in [4.69, 9.17) is 20.1 Å². The van der Waals surface area contributed by atoms with E-state index in [0.717, 1.165) is 0 Å². The van der Waals surface area contributed by atoms with Gasteiger partial charge in [0.05, 0.1) is 12.8 Å². The Kier molecular flexibility index (Phi) is 7.37. The first kappa shape index (κ1) is 19.4. The molecule has 1 rings (SSSR count). The molecule has 1 atom stereocenters. The van der Waals surface area contributed by atoms with Gasteiger partial charge in [-0.05, 0) is 24.3 Å². The van der Waals surface area contributed by atoms with Crippen LogP contribution in [-0.4, -0.2) is 73.5 Å². The molecule has 0 saturated heterocycles. The van der Waals surface area contributed by atoms with Crippen LogP contribution < -0.4 is 4.74 Å². The van der Waals surface area contributed by atoms with Crippen LogP contribution in [-0.2, 0) is 14.4 Å². The third-order valence-electron chi connectivity index (χ3n) is 2.35. The molecule has 0 heterocycles. The zero-order valence-corrected chi connectivity index (χ0v) is 10.1. The van der Waals surface area contributed by atoms with Crippen molar-refractivity contribution in [2.24, 2.45) is 0 Å². The van der Waals surface area contributed by atoms with Gasteiger partial charge in [-0.25, -0.2) is 4.79 Å². The quantitative estimate of drug-likeness (QED) is 0.308. The summed E-state index contributed by atoms with van der Waals surface area (Å²) in [5.41, 5.74) is -2.74. The number of carboxylic acids is 2. The summed E-state index contributed by atoms with van der Waals surface area (Å²) in [6, 6.07) is 4.99. The molecule has 0 amide bonds. The van der Waals surface area contributed by atoms with E-state index in [9.17, 15) is 19.5 Å². The molecule has 8 nitrogen and oxygen atoms in total. The summed E-state index contributed by atoms with van der Waals surface area (Å²) >= 11 is 0. The van der Waals surface area contributed by atoms with Crippen molar-refractivity contribution >= 4 is 47.5 Å². The fraction of sp³-hybridized carbons (Fsp3) is 0.250. The number of phenolic OH excluding ortho intramolecular Hbond substituents is 1. The third-order valence-corrected chi connectivity index (χ3v) is 2.35. The van der Waals surface area contributed by atoms with Gasteiger partial charge in [0.1, 0.15) is 11.5 Å². The van der Waals surface area contributed by atoms with Crippen LogP contribution in [0.5, 0.6) is 11.5 Å². The Hall–Kier alpha value is -1.61. The zero-order chi connectivity index (χ0) is 15.3. The SMILES string of the molecule is O=C(O)CC(O)(CC(=O)Oc1ccc(O)cc1)C(=O)O.[NaH]. The van der Waals surface area contributed by atoms with Crippen molar-refractivity contribution in [3.05, 3.63) is 24.3 Å². The van der Waals surface area contributed by atoms with Crippen molar-refractivity contribution in [2.45, 2.75) is 18.4 Å². The molecule has 0 aliphatic heterocycles. The second-order valence-electron chi connectivity index (χ2n) is 4.05. The molecule has 0 spiro atoms. The molecule has 0 radical (unpaired) electrons. The number of rotatable bonds is 6. The second kappa shape index (κ2) is 7.99. The first-order valence-electron chi connectivity index (χ1n) is 5.40. The van der Waals surface area contributed by atoms with Crippen molar-refractivity contribution < 1.29 is 39.5 Å². The molecule has 110 valence electrons. The number of ether oxygens (including phenoxy) is 1. The van der Waals surface area contributed by atoms with Gasteiger partial charge in [0.15, 0.2) is 5.60 Å². The summed E-state index contributed by atoms with van der Waals surface area (Å²) in [4.78, 5) is 32.8. The molecule has 0 saturated carbocycles. The number of benzene rings is 1. The van der Waals surface area contributed by atoms with Crippen LogP contribution in [0.25, 0.3) is 0 Å². The number of hydrogen-bond donors (Lipinski definition) is 4. The van der Waals surface area contributed by atoms with E-state index in [2.05, 4.69) is 0 Å². The molecule has 0 fully saturated rings. The molecule has 21 heavy (non-hydrogen) atoms. The molecule has 0 bridgehead atoms. The molecule has 0 aliphatic carbocycles. The van der Waals surface area contributed by atoms with Crippen molar-refractivity contribution in [2.75, 3.05) is 0 Å². The number of carboxylic acid groups (broad SMARTS) is 2. The Bertz CT molecular complexity index is 527. The first-order chi connectivity index (χ1) is 9.23. The number of aliphatic hydroxyl groups is 1. The van der Waals surface area contributed by atoms with E-state index in [1.54, 1.807) is 0 Å². The van der Waals surface area contributed by atoms with Gasteiger partial charge in [-0.2, -0.15) is 0 Å². The van der Waals surface area contributed by atoms with Crippen molar-refractivity contribution in [1.82, 2.24) is 0 Å². The normalized spacial score (nSPS) is 12.6. The zero-order valence-electron chi connectivity index (χ0n) is 10.1. The minimum absolute atomic E-state index is 0. The Morgan fingerprint density at radius 2 is 1.57 bits per heavy atom. The molecule has 1 aromatic carbocycles. The first-order valence-corrected chi connectivity index (χ1v) is 5.40. The molecule has 9 heteroatoms. The fourth-order valence-corrected chi connectivity index (χ4v) is 1.38. The number of aromatic hydroxyl groups is 1. The number of carbonyl (C=O) groups is 3. The van der Waals surface area contributed by atoms with E-state index in [1.165, 1.54) is 24.3 Å². The average molecular weight is 308 g/mol. The fourth-order valence-electron chi connectivity index (χ4n) is 1.38. The molecule has 1 unspecified atom stereocenters. The molecule has 0 aliphatic rings. The predicted octanol–water partition coefficient (Wildman–Crippen LogP) is -0.670. The Labute approximate surface area is 141 Å². The number of esters is 1. The topological polar surface area (TPSA) is 141 Å². The number of aliphatic carboxylic acids is 2. The van der Waals surface area contributed by atoms with Gasteiger partial charge in [-0.15, -0.1) is 0 Å². The molecule has 4 N–H and O–H groups in total. The van der Waals surface area contributed by atoms with E-state index in [0.29, 0.717) is 0 Å². The molecule has 0 aromatic heterocycles. The van der Waals surface area contributed by atoms with Gasteiger partial charge >= 0.3 is 47.5 Å². The summed E-state index contributed by atoms with van der Waals surface area (Å²) < 4.78 is 4.73. The van der Waals surface area contributed by atoms with Crippen molar-refractivity contribution in [3.63, 3.8) is 0 Å². The van der Waals surface area contributed by atoms with E-state index in [1.807, 2.05) is 0 Å². The van der Waals surface area contributed by atoms with Gasteiger partial charge in [0, 0.05) is 0 Å².